The Morgan fingerprint density at radius 1 is 0.500 bits per heavy atom. The van der Waals surface area contributed by atoms with Crippen LogP contribution in [0.4, 0.5) is 0 Å². The Labute approximate surface area is 377 Å². The van der Waals surface area contributed by atoms with Crippen molar-refractivity contribution in [2.24, 2.45) is 0 Å². The summed E-state index contributed by atoms with van der Waals surface area (Å²) in [6, 6.07) is -0.748. The number of carbonyl (C=O) groups is 3. The molecule has 0 aliphatic rings. The second-order valence-corrected chi connectivity index (χ2v) is 16.0. The Balaban J connectivity index is 4.44. The van der Waals surface area contributed by atoms with Crippen LogP contribution in [-0.4, -0.2) is 75.5 Å². The van der Waals surface area contributed by atoms with Crippen molar-refractivity contribution in [1.82, 2.24) is 0 Å². The molecule has 0 saturated heterocycles. The van der Waals surface area contributed by atoms with Crippen molar-refractivity contribution in [2.75, 3.05) is 41.0 Å². The molecule has 0 aliphatic carbocycles. The number of quaternary nitrogens is 1. The van der Waals surface area contributed by atoms with E-state index in [4.69, 9.17) is 14.2 Å². The number of ether oxygens (including phenoxy) is 3. The van der Waals surface area contributed by atoms with Gasteiger partial charge in [0, 0.05) is 19.3 Å². The number of aliphatic carboxylic acids is 1. The molecular weight excluding hydrogens is 775 g/mol. The number of nitrogens with zero attached hydrogens (tertiary/aromatic N) is 1. The van der Waals surface area contributed by atoms with Gasteiger partial charge in [-0.2, -0.15) is 0 Å². The monoisotopic (exact) mass is 858 g/mol. The normalized spacial score (nSPS) is 14.1. The average molecular weight is 858 g/mol. The number of carboxylic acids is 1. The first kappa shape index (κ1) is 57.5. The third-order valence-corrected chi connectivity index (χ3v) is 9.41. The smallest absolute Gasteiger partial charge is 0.306 e. The zero-order valence-electron chi connectivity index (χ0n) is 39.2. The van der Waals surface area contributed by atoms with Gasteiger partial charge in [-0.15, -0.1) is 0 Å². The number of esters is 2. The quantitative estimate of drug-likeness (QED) is 0.0199. The zero-order chi connectivity index (χ0) is 45.6. The fourth-order valence-electron chi connectivity index (χ4n) is 5.86. The molecule has 0 aromatic rings. The lowest BCUT2D eigenvalue weighted by atomic mass is 10.1. The summed E-state index contributed by atoms with van der Waals surface area (Å²) in [4.78, 5) is 36.9. The van der Waals surface area contributed by atoms with E-state index in [2.05, 4.69) is 98.9 Å². The molecule has 8 nitrogen and oxygen atoms in total. The summed E-state index contributed by atoms with van der Waals surface area (Å²) in [7, 11) is 5.36. The van der Waals surface area contributed by atoms with Crippen LogP contribution in [-0.2, 0) is 28.6 Å². The topological polar surface area (TPSA) is 102 Å². The summed E-state index contributed by atoms with van der Waals surface area (Å²) < 4.78 is 17.1. The summed E-state index contributed by atoms with van der Waals surface area (Å²) in [6.07, 6.45) is 61.9. The van der Waals surface area contributed by atoms with Crippen molar-refractivity contribution in [3.05, 3.63) is 134 Å². The van der Waals surface area contributed by atoms with Gasteiger partial charge in [0.1, 0.15) is 12.6 Å². The lowest BCUT2D eigenvalue weighted by molar-refractivity contribution is -0.889. The van der Waals surface area contributed by atoms with Crippen LogP contribution >= 0.6 is 0 Å². The summed E-state index contributed by atoms with van der Waals surface area (Å²) in [6.45, 7) is 4.30. The van der Waals surface area contributed by atoms with Crippen molar-refractivity contribution < 1.29 is 38.2 Å². The number of hydrogen-bond donors (Lipinski definition) is 0. The Kier molecular flexibility index (Phi) is 40.0. The highest BCUT2D eigenvalue weighted by Gasteiger charge is 2.25. The third-order valence-electron chi connectivity index (χ3n) is 9.41. The van der Waals surface area contributed by atoms with Crippen LogP contribution in [0.3, 0.4) is 0 Å². The molecular formula is C54H83NO7. The predicted octanol–water partition coefficient (Wildman–Crippen LogP) is 11.9. The molecule has 0 rings (SSSR count). The number of unbranched alkanes of at least 4 members (excludes halogenated alkanes) is 7. The van der Waals surface area contributed by atoms with Crippen LogP contribution < -0.4 is 5.11 Å². The third kappa shape index (κ3) is 40.9. The molecule has 0 amide bonds. The molecule has 0 N–H and O–H groups in total. The van der Waals surface area contributed by atoms with Gasteiger partial charge in [0.05, 0.1) is 40.3 Å². The standard InChI is InChI=1S/C54H83NO7/c1-6-8-10-12-14-16-18-20-22-23-24-25-26-27-28-29-31-32-34-36-38-40-42-44-52(56)61-49-50(48-60-47-46-51(54(58)59)55(3,4)5)62-53(57)45-43-41-39-37-35-33-30-21-19-17-15-13-11-9-7-2/h8-11,13-17,19-22,24-25,27-28,30-33,35,50-51H,6-7,12,18,23,26,29,34,36-49H2,1-5H3/b10-8+,11-9+,15-13+,16-14+,19-17+,22-20+,25-24+,28-27+,30-21+,32-31+,35-33+. The Bertz CT molecular complexity index is 1470. The molecule has 0 radical (unpaired) electrons. The molecule has 0 aromatic carbocycles. The fraction of sp³-hybridized carbons (Fsp3) is 0.537. The van der Waals surface area contributed by atoms with E-state index in [1.54, 1.807) is 21.1 Å². The van der Waals surface area contributed by atoms with Gasteiger partial charge in [-0.05, 0) is 83.5 Å². The van der Waals surface area contributed by atoms with Crippen LogP contribution in [0, 0.1) is 0 Å². The van der Waals surface area contributed by atoms with E-state index in [0.29, 0.717) is 12.8 Å². The van der Waals surface area contributed by atoms with Crippen molar-refractivity contribution in [3.63, 3.8) is 0 Å². The highest BCUT2D eigenvalue weighted by atomic mass is 16.6. The Hall–Kier alpha value is -4.53. The van der Waals surface area contributed by atoms with Gasteiger partial charge in [0.25, 0.3) is 0 Å². The van der Waals surface area contributed by atoms with Gasteiger partial charge in [-0.3, -0.25) is 9.59 Å². The average Bonchev–Trinajstić information content (AvgIpc) is 3.23. The molecule has 346 valence electrons. The van der Waals surface area contributed by atoms with Crippen molar-refractivity contribution >= 4 is 17.9 Å². The first-order valence-electron chi connectivity index (χ1n) is 23.3. The number of likely N-dealkylation sites (N-methyl/N-ethyl adjacent to an activating group) is 1. The first-order chi connectivity index (χ1) is 30.1. The maximum absolute atomic E-state index is 12.7. The minimum Gasteiger partial charge on any atom is -0.544 e. The van der Waals surface area contributed by atoms with Crippen LogP contribution in [0.5, 0.6) is 0 Å². The number of allylic oxidation sites excluding steroid dienone is 22. The van der Waals surface area contributed by atoms with Gasteiger partial charge in [-0.25, -0.2) is 0 Å². The first-order valence-corrected chi connectivity index (χ1v) is 23.3. The Morgan fingerprint density at radius 3 is 1.45 bits per heavy atom. The van der Waals surface area contributed by atoms with Gasteiger partial charge in [0.15, 0.2) is 6.10 Å². The van der Waals surface area contributed by atoms with Crippen molar-refractivity contribution in [3.8, 4) is 0 Å². The van der Waals surface area contributed by atoms with Crippen LogP contribution in [0.1, 0.15) is 136 Å². The Morgan fingerprint density at radius 2 is 0.935 bits per heavy atom. The zero-order valence-corrected chi connectivity index (χ0v) is 39.2. The number of hydrogen-bond acceptors (Lipinski definition) is 7. The van der Waals surface area contributed by atoms with Crippen LogP contribution in [0.25, 0.3) is 0 Å². The van der Waals surface area contributed by atoms with Gasteiger partial charge >= 0.3 is 11.9 Å². The van der Waals surface area contributed by atoms with E-state index in [9.17, 15) is 19.5 Å². The minimum absolute atomic E-state index is 0.00419. The highest BCUT2D eigenvalue weighted by Crippen LogP contribution is 2.11. The lowest BCUT2D eigenvalue weighted by Gasteiger charge is -2.34. The molecule has 2 unspecified atom stereocenters. The van der Waals surface area contributed by atoms with Gasteiger partial charge < -0.3 is 28.6 Å². The molecule has 8 heteroatoms. The molecule has 0 fully saturated rings. The molecule has 62 heavy (non-hydrogen) atoms. The van der Waals surface area contributed by atoms with Crippen molar-refractivity contribution in [1.29, 1.82) is 0 Å². The van der Waals surface area contributed by atoms with Gasteiger partial charge in [0.2, 0.25) is 0 Å². The summed E-state index contributed by atoms with van der Waals surface area (Å²) >= 11 is 0. The van der Waals surface area contributed by atoms with Crippen LogP contribution in [0.15, 0.2) is 134 Å². The SMILES string of the molecule is CC/C=C/C=C/C=C/C=C/C=C/CCCCCC(=O)OC(COCCC(C(=O)[O-])[N+](C)(C)C)COC(=O)CCCCCC/C=C/C/C=C/C/C=C/C/C=C/C/C=C/C/C=C/CC. The summed E-state index contributed by atoms with van der Waals surface area (Å²) in [5.41, 5.74) is 0. The largest absolute Gasteiger partial charge is 0.544 e. The van der Waals surface area contributed by atoms with Gasteiger partial charge in [-0.1, -0.05) is 167 Å². The molecule has 0 aliphatic heterocycles. The van der Waals surface area contributed by atoms with E-state index < -0.39 is 18.1 Å². The van der Waals surface area contributed by atoms with E-state index in [-0.39, 0.29) is 49.1 Å². The molecule has 0 aromatic heterocycles. The fourth-order valence-corrected chi connectivity index (χ4v) is 5.86. The molecule has 2 atom stereocenters. The van der Waals surface area contributed by atoms with E-state index in [1.165, 1.54) is 0 Å². The number of carboxylic acid groups (broad SMARTS) is 1. The molecule has 0 spiro atoms. The summed E-state index contributed by atoms with van der Waals surface area (Å²) in [5, 5.41) is 11.6. The van der Waals surface area contributed by atoms with E-state index in [0.717, 1.165) is 96.3 Å². The number of rotatable bonds is 39. The maximum Gasteiger partial charge on any atom is 0.306 e. The van der Waals surface area contributed by atoms with E-state index >= 15 is 0 Å². The predicted molar refractivity (Wildman–Crippen MR) is 258 cm³/mol. The lowest BCUT2D eigenvalue weighted by Crippen LogP contribution is -2.55. The second-order valence-electron chi connectivity index (χ2n) is 16.0. The molecule has 0 saturated carbocycles. The van der Waals surface area contributed by atoms with E-state index in [1.807, 2.05) is 48.6 Å². The second kappa shape index (κ2) is 43.1. The van der Waals surface area contributed by atoms with Crippen LogP contribution in [0.2, 0.25) is 0 Å². The number of carbonyl (C=O) groups excluding carboxylic acids is 3. The van der Waals surface area contributed by atoms with Crippen molar-refractivity contribution in [2.45, 2.75) is 148 Å². The minimum atomic E-state index is -1.14. The molecule has 0 heterocycles. The maximum atomic E-state index is 12.7. The molecule has 0 bridgehead atoms. The summed E-state index contributed by atoms with van der Waals surface area (Å²) in [5.74, 6) is -1.85. The highest BCUT2D eigenvalue weighted by molar-refractivity contribution is 5.70.